The van der Waals surface area contributed by atoms with Crippen molar-refractivity contribution in [3.8, 4) is 0 Å². The molecule has 2 rings (SSSR count). The average Bonchev–Trinajstić information content (AvgIpc) is 2.85. The highest BCUT2D eigenvalue weighted by Gasteiger charge is 2.10. The maximum absolute atomic E-state index is 12.3. The molecule has 0 aliphatic rings. The summed E-state index contributed by atoms with van der Waals surface area (Å²) in [6.45, 7) is 7.12. The van der Waals surface area contributed by atoms with E-state index in [4.69, 9.17) is 0 Å². The Balaban J connectivity index is 2.27. The summed E-state index contributed by atoms with van der Waals surface area (Å²) in [5, 5.41) is 12.6. The zero-order valence-electron chi connectivity index (χ0n) is 13.4. The van der Waals surface area contributed by atoms with Crippen molar-refractivity contribution in [2.24, 2.45) is 10.9 Å². The summed E-state index contributed by atoms with van der Waals surface area (Å²) < 4.78 is 2.04. The second-order valence-electron chi connectivity index (χ2n) is 5.71. The SMILES string of the molecule is Cc1csc(=NC(=O)c2ccc([N+](=O)[O-])cc2)n1CCC(C)C. The van der Waals surface area contributed by atoms with Crippen molar-refractivity contribution in [1.82, 2.24) is 4.57 Å². The van der Waals surface area contributed by atoms with E-state index in [1.807, 2.05) is 16.9 Å². The minimum atomic E-state index is -0.492. The van der Waals surface area contributed by atoms with Crippen molar-refractivity contribution >= 4 is 22.9 Å². The molecule has 7 heteroatoms. The number of hydrogen-bond acceptors (Lipinski definition) is 4. The fourth-order valence-corrected chi connectivity index (χ4v) is 2.94. The van der Waals surface area contributed by atoms with Crippen LogP contribution in [0.4, 0.5) is 5.69 Å². The van der Waals surface area contributed by atoms with Crippen LogP contribution in [0.3, 0.4) is 0 Å². The van der Waals surface area contributed by atoms with Gasteiger partial charge in [0, 0.05) is 35.3 Å². The van der Waals surface area contributed by atoms with Crippen molar-refractivity contribution < 1.29 is 9.72 Å². The first kappa shape index (κ1) is 17.1. The molecule has 23 heavy (non-hydrogen) atoms. The quantitative estimate of drug-likeness (QED) is 0.620. The Morgan fingerprint density at radius 2 is 2.00 bits per heavy atom. The Bertz CT molecular complexity index is 773. The van der Waals surface area contributed by atoms with Gasteiger partial charge in [-0.15, -0.1) is 11.3 Å². The predicted molar refractivity (Wildman–Crippen MR) is 89.5 cm³/mol. The van der Waals surface area contributed by atoms with Crippen molar-refractivity contribution in [3.63, 3.8) is 0 Å². The van der Waals surface area contributed by atoms with E-state index in [2.05, 4.69) is 18.8 Å². The standard InChI is InChI=1S/C16H19N3O3S/c1-11(2)8-9-18-12(3)10-23-16(18)17-15(20)13-4-6-14(7-5-13)19(21)22/h4-7,10-11H,8-9H2,1-3H3. The first-order chi connectivity index (χ1) is 10.9. The highest BCUT2D eigenvalue weighted by molar-refractivity contribution is 7.07. The fourth-order valence-electron chi connectivity index (χ4n) is 2.04. The van der Waals surface area contributed by atoms with Gasteiger partial charge in [0.2, 0.25) is 0 Å². The molecule has 0 atom stereocenters. The molecule has 1 aromatic heterocycles. The monoisotopic (exact) mass is 333 g/mol. The van der Waals surface area contributed by atoms with E-state index in [0.29, 0.717) is 16.3 Å². The Labute approximate surface area is 138 Å². The van der Waals surface area contributed by atoms with Crippen LogP contribution in [0.25, 0.3) is 0 Å². The summed E-state index contributed by atoms with van der Waals surface area (Å²) in [5.41, 5.74) is 1.38. The largest absolute Gasteiger partial charge is 0.321 e. The first-order valence-corrected chi connectivity index (χ1v) is 8.25. The summed E-state index contributed by atoms with van der Waals surface area (Å²) in [4.78, 5) is 27.2. The van der Waals surface area contributed by atoms with E-state index >= 15 is 0 Å². The molecule has 0 aliphatic carbocycles. The molecule has 2 aromatic rings. The number of amides is 1. The molecule has 0 bridgehead atoms. The second kappa shape index (κ2) is 7.32. The van der Waals surface area contributed by atoms with Gasteiger partial charge in [-0.2, -0.15) is 4.99 Å². The number of carbonyl (C=O) groups is 1. The van der Waals surface area contributed by atoms with E-state index in [0.717, 1.165) is 18.7 Å². The lowest BCUT2D eigenvalue weighted by Crippen LogP contribution is -2.19. The van der Waals surface area contributed by atoms with Gasteiger partial charge in [-0.25, -0.2) is 0 Å². The molecule has 0 aliphatic heterocycles. The normalized spacial score (nSPS) is 11.9. The fraction of sp³-hybridized carbons (Fsp3) is 0.375. The lowest BCUT2D eigenvalue weighted by molar-refractivity contribution is -0.384. The van der Waals surface area contributed by atoms with Gasteiger partial charge in [-0.05, 0) is 31.4 Å². The van der Waals surface area contributed by atoms with E-state index in [1.54, 1.807) is 0 Å². The molecule has 1 amide bonds. The molecule has 0 spiro atoms. The van der Waals surface area contributed by atoms with E-state index < -0.39 is 4.92 Å². The first-order valence-electron chi connectivity index (χ1n) is 7.37. The molecular formula is C16H19N3O3S. The molecule has 122 valence electrons. The number of aromatic nitrogens is 1. The van der Waals surface area contributed by atoms with Crippen molar-refractivity contribution in [3.05, 3.63) is 55.8 Å². The minimum Gasteiger partial charge on any atom is -0.321 e. The number of thiazole rings is 1. The topological polar surface area (TPSA) is 77.5 Å². The molecule has 1 aromatic carbocycles. The maximum Gasteiger partial charge on any atom is 0.279 e. The van der Waals surface area contributed by atoms with Gasteiger partial charge in [-0.3, -0.25) is 14.9 Å². The lowest BCUT2D eigenvalue weighted by atomic mass is 10.1. The van der Waals surface area contributed by atoms with Crippen molar-refractivity contribution in [2.75, 3.05) is 0 Å². The minimum absolute atomic E-state index is 0.0412. The number of rotatable bonds is 5. The smallest absolute Gasteiger partial charge is 0.279 e. The van der Waals surface area contributed by atoms with Gasteiger partial charge >= 0.3 is 0 Å². The van der Waals surface area contributed by atoms with Crippen LogP contribution < -0.4 is 4.80 Å². The lowest BCUT2D eigenvalue weighted by Gasteiger charge is -2.07. The van der Waals surface area contributed by atoms with Crippen LogP contribution in [0, 0.1) is 23.0 Å². The maximum atomic E-state index is 12.3. The number of nitro groups is 1. The Kier molecular flexibility index (Phi) is 5.44. The van der Waals surface area contributed by atoms with Crippen molar-refractivity contribution in [2.45, 2.75) is 33.7 Å². The van der Waals surface area contributed by atoms with Crippen LogP contribution in [0.5, 0.6) is 0 Å². The zero-order valence-corrected chi connectivity index (χ0v) is 14.2. The highest BCUT2D eigenvalue weighted by Crippen LogP contribution is 2.13. The number of carbonyl (C=O) groups excluding carboxylic acids is 1. The van der Waals surface area contributed by atoms with Crippen LogP contribution in [0.2, 0.25) is 0 Å². The third kappa shape index (κ3) is 4.35. The third-order valence-electron chi connectivity index (χ3n) is 3.44. The van der Waals surface area contributed by atoms with Gasteiger partial charge in [0.05, 0.1) is 4.92 Å². The molecule has 0 unspecified atom stereocenters. The van der Waals surface area contributed by atoms with Gasteiger partial charge in [0.25, 0.3) is 11.6 Å². The number of nitrogens with zero attached hydrogens (tertiary/aromatic N) is 3. The highest BCUT2D eigenvalue weighted by atomic mass is 32.1. The van der Waals surface area contributed by atoms with Crippen molar-refractivity contribution in [1.29, 1.82) is 0 Å². The van der Waals surface area contributed by atoms with E-state index in [9.17, 15) is 14.9 Å². The molecule has 1 heterocycles. The summed E-state index contributed by atoms with van der Waals surface area (Å²) in [5.74, 6) is 0.181. The third-order valence-corrected chi connectivity index (χ3v) is 4.43. The van der Waals surface area contributed by atoms with Crippen LogP contribution in [0.15, 0.2) is 34.6 Å². The molecule has 0 fully saturated rings. The van der Waals surface area contributed by atoms with E-state index in [-0.39, 0.29) is 11.6 Å². The summed E-state index contributed by atoms with van der Waals surface area (Å²) in [6, 6.07) is 5.50. The Morgan fingerprint density at radius 3 is 2.57 bits per heavy atom. The number of aryl methyl sites for hydroxylation is 1. The Morgan fingerprint density at radius 1 is 1.35 bits per heavy atom. The number of hydrogen-bond donors (Lipinski definition) is 0. The van der Waals surface area contributed by atoms with E-state index in [1.165, 1.54) is 35.6 Å². The predicted octanol–water partition coefficient (Wildman–Crippen LogP) is 3.55. The zero-order chi connectivity index (χ0) is 17.0. The molecule has 0 saturated carbocycles. The summed E-state index contributed by atoms with van der Waals surface area (Å²) >= 11 is 1.43. The number of non-ortho nitro benzene ring substituents is 1. The van der Waals surface area contributed by atoms with Gasteiger partial charge in [0.1, 0.15) is 0 Å². The molecule has 0 radical (unpaired) electrons. The second-order valence-corrected chi connectivity index (χ2v) is 6.55. The van der Waals surface area contributed by atoms with Crippen LogP contribution in [-0.4, -0.2) is 15.4 Å². The summed E-state index contributed by atoms with van der Waals surface area (Å²) in [7, 11) is 0. The molecule has 6 nitrogen and oxygen atoms in total. The number of nitro benzene ring substituents is 1. The average molecular weight is 333 g/mol. The number of benzene rings is 1. The molecule has 0 saturated heterocycles. The molecule has 0 N–H and O–H groups in total. The van der Waals surface area contributed by atoms with Gasteiger partial charge < -0.3 is 4.57 Å². The molecular weight excluding hydrogens is 314 g/mol. The van der Waals surface area contributed by atoms with Gasteiger partial charge in [-0.1, -0.05) is 13.8 Å². The Hall–Kier alpha value is -2.28. The van der Waals surface area contributed by atoms with Crippen LogP contribution in [-0.2, 0) is 6.54 Å². The van der Waals surface area contributed by atoms with Crippen LogP contribution in [0.1, 0.15) is 36.3 Å². The van der Waals surface area contributed by atoms with Gasteiger partial charge in [0.15, 0.2) is 4.80 Å². The van der Waals surface area contributed by atoms with Crippen LogP contribution >= 0.6 is 11.3 Å². The summed E-state index contributed by atoms with van der Waals surface area (Å²) in [6.07, 6.45) is 1.01.